The zero-order chi connectivity index (χ0) is 17.4. The van der Waals surface area contributed by atoms with Gasteiger partial charge in [-0.2, -0.15) is 0 Å². The SMILES string of the molecule is CN(C)C(=O)CN=C(NC(C1CC1)C1CC1)N1CC2CCCCC2C1. The fourth-order valence-corrected chi connectivity index (χ4v) is 4.78. The summed E-state index contributed by atoms with van der Waals surface area (Å²) < 4.78 is 0. The van der Waals surface area contributed by atoms with Crippen molar-refractivity contribution >= 4 is 11.9 Å². The fourth-order valence-electron chi connectivity index (χ4n) is 4.78. The second kappa shape index (κ2) is 7.16. The van der Waals surface area contributed by atoms with Crippen LogP contribution in [0.2, 0.25) is 0 Å². The number of carbonyl (C=O) groups excluding carboxylic acids is 1. The van der Waals surface area contributed by atoms with Gasteiger partial charge in [0.05, 0.1) is 0 Å². The number of fused-ring (bicyclic) bond motifs is 1. The van der Waals surface area contributed by atoms with E-state index in [4.69, 9.17) is 4.99 Å². The molecule has 5 nitrogen and oxygen atoms in total. The van der Waals surface area contributed by atoms with Crippen molar-refractivity contribution in [1.82, 2.24) is 15.1 Å². The van der Waals surface area contributed by atoms with E-state index in [1.54, 1.807) is 4.90 Å². The highest BCUT2D eigenvalue weighted by Crippen LogP contribution is 2.45. The molecule has 1 heterocycles. The summed E-state index contributed by atoms with van der Waals surface area (Å²) in [5.41, 5.74) is 0. The van der Waals surface area contributed by atoms with Gasteiger partial charge in [-0.15, -0.1) is 0 Å². The van der Waals surface area contributed by atoms with Crippen LogP contribution in [0, 0.1) is 23.7 Å². The maximum atomic E-state index is 12.1. The molecule has 4 aliphatic rings. The predicted molar refractivity (Wildman–Crippen MR) is 100 cm³/mol. The first kappa shape index (κ1) is 17.2. The Balaban J connectivity index is 1.46. The highest BCUT2D eigenvalue weighted by atomic mass is 16.2. The van der Waals surface area contributed by atoms with Gasteiger partial charge in [0.1, 0.15) is 6.54 Å². The summed E-state index contributed by atoms with van der Waals surface area (Å²) in [6, 6.07) is 0.593. The number of rotatable bonds is 5. The lowest BCUT2D eigenvalue weighted by Crippen LogP contribution is -2.47. The van der Waals surface area contributed by atoms with Crippen LogP contribution in [-0.4, -0.2) is 61.4 Å². The lowest BCUT2D eigenvalue weighted by atomic mass is 9.82. The number of amides is 1. The standard InChI is InChI=1S/C20H34N4O/c1-23(2)18(25)11-21-20(22-19(14-7-8-14)15-9-10-15)24-12-16-5-3-4-6-17(16)13-24/h14-17,19H,3-13H2,1-2H3,(H,21,22). The van der Waals surface area contributed by atoms with Crippen LogP contribution in [0.1, 0.15) is 51.4 Å². The van der Waals surface area contributed by atoms with E-state index in [2.05, 4.69) is 10.2 Å². The van der Waals surface area contributed by atoms with E-state index in [0.717, 1.165) is 42.7 Å². The number of aliphatic imine (C=N–C) groups is 1. The van der Waals surface area contributed by atoms with Crippen molar-refractivity contribution in [1.29, 1.82) is 0 Å². The molecule has 140 valence electrons. The zero-order valence-corrected chi connectivity index (χ0v) is 15.9. The summed E-state index contributed by atoms with van der Waals surface area (Å²) in [6.45, 7) is 2.53. The van der Waals surface area contributed by atoms with Crippen molar-refractivity contribution in [2.24, 2.45) is 28.7 Å². The molecule has 2 atom stereocenters. The van der Waals surface area contributed by atoms with Gasteiger partial charge in [-0.3, -0.25) is 4.79 Å². The summed E-state index contributed by atoms with van der Waals surface area (Å²) in [6.07, 6.45) is 11.0. The topological polar surface area (TPSA) is 47.9 Å². The Bertz CT molecular complexity index is 498. The normalized spacial score (nSPS) is 29.7. The molecule has 4 rings (SSSR count). The molecule has 0 spiro atoms. The Morgan fingerprint density at radius 2 is 1.60 bits per heavy atom. The maximum absolute atomic E-state index is 12.1. The minimum atomic E-state index is 0.0882. The Labute approximate surface area is 152 Å². The van der Waals surface area contributed by atoms with E-state index >= 15 is 0 Å². The third kappa shape index (κ3) is 4.12. The van der Waals surface area contributed by atoms with E-state index in [1.165, 1.54) is 51.4 Å². The van der Waals surface area contributed by atoms with Crippen molar-refractivity contribution in [2.45, 2.75) is 57.4 Å². The number of nitrogens with zero attached hydrogens (tertiary/aromatic N) is 3. The van der Waals surface area contributed by atoms with Crippen molar-refractivity contribution in [3.8, 4) is 0 Å². The van der Waals surface area contributed by atoms with Crippen LogP contribution in [0.25, 0.3) is 0 Å². The van der Waals surface area contributed by atoms with Gasteiger partial charge in [0.25, 0.3) is 0 Å². The van der Waals surface area contributed by atoms with Gasteiger partial charge in [-0.05, 0) is 62.2 Å². The van der Waals surface area contributed by atoms with Gasteiger partial charge in [-0.25, -0.2) is 4.99 Å². The van der Waals surface area contributed by atoms with Gasteiger partial charge in [0, 0.05) is 33.2 Å². The number of likely N-dealkylation sites (N-methyl/N-ethyl adjacent to an activating group) is 1. The van der Waals surface area contributed by atoms with Crippen molar-refractivity contribution < 1.29 is 4.79 Å². The molecular formula is C20H34N4O. The quantitative estimate of drug-likeness (QED) is 0.614. The second-order valence-electron chi connectivity index (χ2n) is 8.98. The molecule has 1 amide bonds. The molecule has 0 bridgehead atoms. The second-order valence-corrected chi connectivity index (χ2v) is 8.98. The molecule has 2 unspecified atom stereocenters. The molecule has 4 fully saturated rings. The minimum Gasteiger partial charge on any atom is -0.353 e. The first-order valence-corrected chi connectivity index (χ1v) is 10.4. The third-order valence-corrected chi connectivity index (χ3v) is 6.69. The van der Waals surface area contributed by atoms with Crippen LogP contribution in [-0.2, 0) is 4.79 Å². The average molecular weight is 347 g/mol. The molecule has 1 saturated heterocycles. The lowest BCUT2D eigenvalue weighted by molar-refractivity contribution is -0.127. The Kier molecular flexibility index (Phi) is 4.92. The Hall–Kier alpha value is -1.26. The van der Waals surface area contributed by atoms with E-state index in [1.807, 2.05) is 14.1 Å². The van der Waals surface area contributed by atoms with E-state index in [0.29, 0.717) is 6.04 Å². The summed E-state index contributed by atoms with van der Waals surface area (Å²) in [5, 5.41) is 3.83. The molecule has 3 saturated carbocycles. The summed E-state index contributed by atoms with van der Waals surface area (Å²) in [5.74, 6) is 4.47. The van der Waals surface area contributed by atoms with Crippen molar-refractivity contribution in [2.75, 3.05) is 33.7 Å². The van der Waals surface area contributed by atoms with Crippen LogP contribution in [0.4, 0.5) is 0 Å². The Morgan fingerprint density at radius 1 is 1.04 bits per heavy atom. The van der Waals surface area contributed by atoms with Crippen LogP contribution in [0.5, 0.6) is 0 Å². The number of nitrogens with one attached hydrogen (secondary N) is 1. The third-order valence-electron chi connectivity index (χ3n) is 6.69. The zero-order valence-electron chi connectivity index (χ0n) is 15.9. The molecule has 0 aromatic heterocycles. The van der Waals surface area contributed by atoms with Crippen LogP contribution in [0.3, 0.4) is 0 Å². The van der Waals surface area contributed by atoms with Crippen molar-refractivity contribution in [3.05, 3.63) is 0 Å². The molecule has 0 radical (unpaired) electrons. The predicted octanol–water partition coefficient (Wildman–Crippen LogP) is 2.33. The number of carbonyl (C=O) groups is 1. The fraction of sp³-hybridized carbons (Fsp3) is 0.900. The molecule has 5 heteroatoms. The molecule has 3 aliphatic carbocycles. The number of guanidine groups is 1. The molecular weight excluding hydrogens is 312 g/mol. The minimum absolute atomic E-state index is 0.0882. The monoisotopic (exact) mass is 346 g/mol. The highest BCUT2D eigenvalue weighted by Gasteiger charge is 2.43. The van der Waals surface area contributed by atoms with E-state index in [9.17, 15) is 4.79 Å². The molecule has 1 N–H and O–H groups in total. The maximum Gasteiger partial charge on any atom is 0.243 e. The van der Waals surface area contributed by atoms with Crippen LogP contribution < -0.4 is 5.32 Å². The number of likely N-dealkylation sites (tertiary alicyclic amines) is 1. The van der Waals surface area contributed by atoms with Gasteiger partial charge < -0.3 is 15.1 Å². The highest BCUT2D eigenvalue weighted by molar-refractivity contribution is 5.85. The van der Waals surface area contributed by atoms with E-state index in [-0.39, 0.29) is 12.5 Å². The summed E-state index contributed by atoms with van der Waals surface area (Å²) in [4.78, 5) is 21.0. The first-order valence-electron chi connectivity index (χ1n) is 10.4. The van der Waals surface area contributed by atoms with Crippen molar-refractivity contribution in [3.63, 3.8) is 0 Å². The largest absolute Gasteiger partial charge is 0.353 e. The van der Waals surface area contributed by atoms with Gasteiger partial charge in [0.2, 0.25) is 5.91 Å². The van der Waals surface area contributed by atoms with Gasteiger partial charge in [-0.1, -0.05) is 12.8 Å². The first-order chi connectivity index (χ1) is 12.1. The Morgan fingerprint density at radius 3 is 2.08 bits per heavy atom. The summed E-state index contributed by atoms with van der Waals surface area (Å²) >= 11 is 0. The van der Waals surface area contributed by atoms with E-state index < -0.39 is 0 Å². The smallest absolute Gasteiger partial charge is 0.243 e. The van der Waals surface area contributed by atoms with Gasteiger partial charge in [0.15, 0.2) is 5.96 Å². The number of hydrogen-bond donors (Lipinski definition) is 1. The summed E-state index contributed by atoms with van der Waals surface area (Å²) in [7, 11) is 3.62. The molecule has 0 aromatic rings. The lowest BCUT2D eigenvalue weighted by Gasteiger charge is -2.27. The van der Waals surface area contributed by atoms with Crippen LogP contribution >= 0.6 is 0 Å². The van der Waals surface area contributed by atoms with Crippen LogP contribution in [0.15, 0.2) is 4.99 Å². The molecule has 1 aliphatic heterocycles. The average Bonchev–Trinajstić information content (AvgIpc) is 3.52. The molecule has 0 aromatic carbocycles. The molecule has 25 heavy (non-hydrogen) atoms. The number of hydrogen-bond acceptors (Lipinski definition) is 2. The van der Waals surface area contributed by atoms with Gasteiger partial charge >= 0.3 is 0 Å².